The molecule has 0 saturated carbocycles. The molecule has 0 bridgehead atoms. The van der Waals surface area contributed by atoms with Crippen molar-refractivity contribution in [2.45, 2.75) is 37.7 Å². The lowest BCUT2D eigenvalue weighted by Crippen LogP contribution is -2.30. The first-order valence-electron chi connectivity index (χ1n) is 10.1. The molecule has 1 amide bonds. The fourth-order valence-corrected chi connectivity index (χ4v) is 4.28. The van der Waals surface area contributed by atoms with Gasteiger partial charge in [0.1, 0.15) is 5.75 Å². The number of ether oxygens (including phenoxy) is 1. The number of hydrogen-bond acceptors (Lipinski definition) is 4. The van der Waals surface area contributed by atoms with Gasteiger partial charge in [-0.2, -0.15) is 0 Å². The number of amides is 1. The summed E-state index contributed by atoms with van der Waals surface area (Å²) >= 11 is 5.90. The molecule has 0 fully saturated rings. The van der Waals surface area contributed by atoms with Crippen LogP contribution in [0, 0.1) is 0 Å². The van der Waals surface area contributed by atoms with Crippen LogP contribution in [0.15, 0.2) is 77.7 Å². The number of carbonyl (C=O) groups is 1. The molecule has 168 valence electrons. The Balaban J connectivity index is 1.65. The third-order valence-electron chi connectivity index (χ3n) is 4.72. The van der Waals surface area contributed by atoms with E-state index in [1.165, 1.54) is 30.3 Å². The average Bonchev–Trinajstić information content (AvgIpc) is 2.74. The molecule has 3 aromatic rings. The quantitative estimate of drug-likeness (QED) is 0.442. The maximum Gasteiger partial charge on any atom is 0.265 e. The molecule has 0 unspecified atom stereocenters. The van der Waals surface area contributed by atoms with Crippen molar-refractivity contribution in [3.63, 3.8) is 0 Å². The second-order valence-electron chi connectivity index (χ2n) is 7.58. The van der Waals surface area contributed by atoms with E-state index >= 15 is 0 Å². The number of benzene rings is 3. The zero-order valence-corrected chi connectivity index (χ0v) is 19.6. The number of hydrogen-bond donors (Lipinski definition) is 2. The predicted octanol–water partition coefficient (Wildman–Crippen LogP) is 5.67. The molecule has 6 nitrogen and oxygen atoms in total. The fourth-order valence-electron chi connectivity index (χ4n) is 3.04. The number of halogens is 1. The van der Waals surface area contributed by atoms with E-state index in [2.05, 4.69) is 23.9 Å². The Morgan fingerprint density at radius 1 is 0.906 bits per heavy atom. The number of rotatable bonds is 8. The Bertz CT molecular complexity index is 1190. The van der Waals surface area contributed by atoms with Gasteiger partial charge in [0.05, 0.1) is 10.6 Å². The number of carbonyl (C=O) groups excluding carboxylic acids is 1. The third-order valence-corrected chi connectivity index (χ3v) is 6.36. The zero-order chi connectivity index (χ0) is 23.3. The Kier molecular flexibility index (Phi) is 7.43. The van der Waals surface area contributed by atoms with Gasteiger partial charge in [0.25, 0.3) is 15.9 Å². The Labute approximate surface area is 193 Å². The summed E-state index contributed by atoms with van der Waals surface area (Å²) in [6.45, 7) is 5.79. The van der Waals surface area contributed by atoms with Crippen LogP contribution in [0.3, 0.4) is 0 Å². The molecule has 0 aliphatic rings. The van der Waals surface area contributed by atoms with E-state index in [1.807, 2.05) is 24.3 Å². The van der Waals surface area contributed by atoms with Gasteiger partial charge in [-0.15, -0.1) is 0 Å². The molecule has 0 saturated heterocycles. The van der Waals surface area contributed by atoms with E-state index in [4.69, 9.17) is 16.3 Å². The molecule has 0 radical (unpaired) electrons. The van der Waals surface area contributed by atoms with Gasteiger partial charge >= 0.3 is 0 Å². The van der Waals surface area contributed by atoms with E-state index in [9.17, 15) is 13.2 Å². The smallest absolute Gasteiger partial charge is 0.265 e. The maximum absolute atomic E-state index is 12.6. The lowest BCUT2D eigenvalue weighted by Gasteiger charge is -2.18. The molecule has 3 aromatic carbocycles. The van der Waals surface area contributed by atoms with E-state index in [1.54, 1.807) is 25.1 Å². The monoisotopic (exact) mass is 472 g/mol. The summed E-state index contributed by atoms with van der Waals surface area (Å²) in [5.41, 5.74) is 1.85. The minimum Gasteiger partial charge on any atom is -0.481 e. The van der Waals surface area contributed by atoms with Crippen LogP contribution in [-0.4, -0.2) is 20.4 Å². The van der Waals surface area contributed by atoms with Crippen LogP contribution in [0.25, 0.3) is 0 Å². The summed E-state index contributed by atoms with van der Waals surface area (Å²) < 4.78 is 33.5. The fraction of sp³-hybridized carbons (Fsp3) is 0.208. The standard InChI is InChI=1S/C24H25ClN2O4S/c1-16(2)22-9-4-5-10-23(22)31-17(3)24(28)26-19-11-13-21(14-12-19)32(29,30)27-20-8-6-7-18(25)15-20/h4-17,27H,1-3H3,(H,26,28)/t17-/m1/s1. The number of nitrogens with one attached hydrogen (secondary N) is 2. The average molecular weight is 473 g/mol. The van der Waals surface area contributed by atoms with Gasteiger partial charge in [0.15, 0.2) is 6.10 Å². The topological polar surface area (TPSA) is 84.5 Å². The van der Waals surface area contributed by atoms with Crippen molar-refractivity contribution in [3.05, 3.63) is 83.4 Å². The molecule has 2 N–H and O–H groups in total. The van der Waals surface area contributed by atoms with Crippen molar-refractivity contribution in [2.24, 2.45) is 0 Å². The number of sulfonamides is 1. The molecule has 0 spiro atoms. The van der Waals surface area contributed by atoms with E-state index in [-0.39, 0.29) is 16.7 Å². The van der Waals surface area contributed by atoms with Crippen LogP contribution < -0.4 is 14.8 Å². The molecule has 8 heteroatoms. The molecular formula is C24H25ClN2O4S. The lowest BCUT2D eigenvalue weighted by atomic mass is 10.0. The van der Waals surface area contributed by atoms with Crippen molar-refractivity contribution in [2.75, 3.05) is 10.0 Å². The van der Waals surface area contributed by atoms with Gasteiger partial charge in [-0.1, -0.05) is 49.7 Å². The molecule has 32 heavy (non-hydrogen) atoms. The van der Waals surface area contributed by atoms with Crippen LogP contribution in [0.4, 0.5) is 11.4 Å². The highest BCUT2D eigenvalue weighted by Gasteiger charge is 2.19. The molecule has 0 aliphatic carbocycles. The molecule has 0 aromatic heterocycles. The van der Waals surface area contributed by atoms with Gasteiger partial charge < -0.3 is 10.1 Å². The van der Waals surface area contributed by atoms with Crippen molar-refractivity contribution in [1.82, 2.24) is 0 Å². The van der Waals surface area contributed by atoms with Crippen molar-refractivity contribution < 1.29 is 17.9 Å². The highest BCUT2D eigenvalue weighted by molar-refractivity contribution is 7.92. The first kappa shape index (κ1) is 23.6. The van der Waals surface area contributed by atoms with Crippen LogP contribution >= 0.6 is 11.6 Å². The summed E-state index contributed by atoms with van der Waals surface area (Å²) in [6, 6.07) is 19.9. The van der Waals surface area contributed by atoms with E-state index in [0.717, 1.165) is 5.56 Å². The largest absolute Gasteiger partial charge is 0.481 e. The second kappa shape index (κ2) is 10.1. The SMILES string of the molecule is CC(C)c1ccccc1O[C@H](C)C(=O)Nc1ccc(S(=O)(=O)Nc2cccc(Cl)c2)cc1. The van der Waals surface area contributed by atoms with Gasteiger partial charge in [0.2, 0.25) is 0 Å². The molecule has 0 aliphatic heterocycles. The van der Waals surface area contributed by atoms with E-state index < -0.39 is 16.1 Å². The van der Waals surface area contributed by atoms with Crippen LogP contribution in [0.5, 0.6) is 5.75 Å². The zero-order valence-electron chi connectivity index (χ0n) is 18.0. The van der Waals surface area contributed by atoms with Crippen molar-refractivity contribution in [3.8, 4) is 5.75 Å². The summed E-state index contributed by atoms with van der Waals surface area (Å²) in [4.78, 5) is 12.6. The second-order valence-corrected chi connectivity index (χ2v) is 9.70. The van der Waals surface area contributed by atoms with Crippen molar-refractivity contribution in [1.29, 1.82) is 0 Å². The molecular weight excluding hydrogens is 448 g/mol. The van der Waals surface area contributed by atoms with Crippen LogP contribution in [0.1, 0.15) is 32.3 Å². The first-order valence-corrected chi connectivity index (χ1v) is 12.0. The molecule has 3 rings (SSSR count). The first-order chi connectivity index (χ1) is 15.2. The third kappa shape index (κ3) is 6.02. The van der Waals surface area contributed by atoms with Gasteiger partial charge in [-0.05, 0) is 66.9 Å². The molecule has 0 heterocycles. The van der Waals surface area contributed by atoms with E-state index in [0.29, 0.717) is 22.1 Å². The van der Waals surface area contributed by atoms with Crippen LogP contribution in [0.2, 0.25) is 5.02 Å². The number of anilines is 2. The van der Waals surface area contributed by atoms with Crippen LogP contribution in [-0.2, 0) is 14.8 Å². The summed E-state index contributed by atoms with van der Waals surface area (Å²) in [5, 5.41) is 3.18. The van der Waals surface area contributed by atoms with Gasteiger partial charge in [-0.25, -0.2) is 8.42 Å². The Morgan fingerprint density at radius 2 is 1.59 bits per heavy atom. The highest BCUT2D eigenvalue weighted by Crippen LogP contribution is 2.27. The number of para-hydroxylation sites is 1. The minimum atomic E-state index is -3.79. The predicted molar refractivity (Wildman–Crippen MR) is 128 cm³/mol. The maximum atomic E-state index is 12.6. The summed E-state index contributed by atoms with van der Waals surface area (Å²) in [7, 11) is -3.79. The highest BCUT2D eigenvalue weighted by atomic mass is 35.5. The summed E-state index contributed by atoms with van der Waals surface area (Å²) in [5.74, 6) is 0.589. The van der Waals surface area contributed by atoms with Gasteiger partial charge in [-0.3, -0.25) is 9.52 Å². The lowest BCUT2D eigenvalue weighted by molar-refractivity contribution is -0.122. The Hall–Kier alpha value is -3.03. The Morgan fingerprint density at radius 3 is 2.25 bits per heavy atom. The molecule has 1 atom stereocenters. The normalized spacial score (nSPS) is 12.3. The minimum absolute atomic E-state index is 0.0608. The van der Waals surface area contributed by atoms with Crippen molar-refractivity contribution >= 4 is 38.9 Å². The van der Waals surface area contributed by atoms with Gasteiger partial charge in [0, 0.05) is 10.7 Å². The summed E-state index contributed by atoms with van der Waals surface area (Å²) in [6.07, 6.45) is -0.734.